The summed E-state index contributed by atoms with van der Waals surface area (Å²) < 4.78 is 39.0. The predicted molar refractivity (Wildman–Crippen MR) is 113 cm³/mol. The molecule has 0 spiro atoms. The number of nitrogens with zero attached hydrogens (tertiary/aromatic N) is 3. The molecule has 1 aromatic heterocycles. The second-order valence-electron chi connectivity index (χ2n) is 7.35. The first-order chi connectivity index (χ1) is 15.8. The topological polar surface area (TPSA) is 95.4 Å². The lowest BCUT2D eigenvalue weighted by molar-refractivity contribution is -0.137. The molecule has 4 rings (SSSR count). The summed E-state index contributed by atoms with van der Waals surface area (Å²) in [6.07, 6.45) is -2.82. The minimum Gasteiger partial charge on any atom is -0.395 e. The summed E-state index contributed by atoms with van der Waals surface area (Å²) >= 11 is 0. The summed E-state index contributed by atoms with van der Waals surface area (Å²) in [6, 6.07) is 10.8. The van der Waals surface area contributed by atoms with Crippen LogP contribution in [0.25, 0.3) is 0 Å². The molecule has 0 atom stereocenters. The highest BCUT2D eigenvalue weighted by Crippen LogP contribution is 2.36. The van der Waals surface area contributed by atoms with Gasteiger partial charge in [-0.15, -0.1) is 0 Å². The van der Waals surface area contributed by atoms with Crippen LogP contribution in [0, 0.1) is 0 Å². The molecule has 0 saturated carbocycles. The van der Waals surface area contributed by atoms with E-state index >= 15 is 0 Å². The van der Waals surface area contributed by atoms with Crippen molar-refractivity contribution in [2.24, 2.45) is 0 Å². The molecule has 2 heterocycles. The largest absolute Gasteiger partial charge is 0.416 e. The molecule has 1 amide bonds. The number of rotatable bonds is 6. The van der Waals surface area contributed by atoms with Crippen LogP contribution in [0.2, 0.25) is 0 Å². The number of aromatic nitrogens is 2. The number of nitrogens with one attached hydrogen (secondary N) is 1. The van der Waals surface area contributed by atoms with Gasteiger partial charge in [0.05, 0.1) is 12.2 Å². The molecule has 0 aliphatic carbocycles. The maximum absolute atomic E-state index is 13.0. The number of ketones is 1. The van der Waals surface area contributed by atoms with E-state index < -0.39 is 17.5 Å². The van der Waals surface area contributed by atoms with Gasteiger partial charge >= 0.3 is 6.18 Å². The van der Waals surface area contributed by atoms with Crippen LogP contribution >= 0.6 is 0 Å². The van der Waals surface area contributed by atoms with Gasteiger partial charge in [-0.1, -0.05) is 18.2 Å². The molecule has 3 aromatic rings. The lowest BCUT2D eigenvalue weighted by atomic mass is 10.0. The van der Waals surface area contributed by atoms with E-state index in [1.165, 1.54) is 24.5 Å². The number of aliphatic hydroxyl groups is 1. The number of halogens is 3. The summed E-state index contributed by atoms with van der Waals surface area (Å²) in [5.41, 5.74) is 0.949. The Morgan fingerprint density at radius 1 is 1.09 bits per heavy atom. The SMILES string of the molecule is O=C(c1cccc(C(F)(F)F)c1)c1cc(N2CCc3c(C(=O)NCCO)cccc32)ncn1. The second-order valence-corrected chi connectivity index (χ2v) is 7.35. The molecule has 1 aliphatic heterocycles. The molecule has 2 N–H and O–H groups in total. The number of alkyl halides is 3. The second kappa shape index (κ2) is 8.99. The number of carbonyl (C=O) groups excluding carboxylic acids is 2. The van der Waals surface area contributed by atoms with E-state index in [2.05, 4.69) is 15.3 Å². The number of carbonyl (C=O) groups is 2. The Kier molecular flexibility index (Phi) is 6.10. The number of aliphatic hydroxyl groups excluding tert-OH is 1. The van der Waals surface area contributed by atoms with Crippen LogP contribution in [0.5, 0.6) is 0 Å². The zero-order valence-corrected chi connectivity index (χ0v) is 17.3. The van der Waals surface area contributed by atoms with Crippen molar-refractivity contribution in [1.29, 1.82) is 0 Å². The number of fused-ring (bicyclic) bond motifs is 1. The lowest BCUT2D eigenvalue weighted by Gasteiger charge is -2.19. The van der Waals surface area contributed by atoms with Crippen LogP contribution in [0.4, 0.5) is 24.7 Å². The van der Waals surface area contributed by atoms with Crippen molar-refractivity contribution in [3.8, 4) is 0 Å². The first-order valence-corrected chi connectivity index (χ1v) is 10.1. The molecule has 0 unspecified atom stereocenters. The Morgan fingerprint density at radius 3 is 2.64 bits per heavy atom. The van der Waals surface area contributed by atoms with Gasteiger partial charge in [-0.2, -0.15) is 13.2 Å². The normalized spacial score (nSPS) is 13.0. The molecule has 170 valence electrons. The third-order valence-corrected chi connectivity index (χ3v) is 5.28. The third-order valence-electron chi connectivity index (χ3n) is 5.28. The van der Waals surface area contributed by atoms with Crippen molar-refractivity contribution >= 4 is 23.2 Å². The summed E-state index contributed by atoms with van der Waals surface area (Å²) in [6.45, 7) is 0.462. The fourth-order valence-corrected chi connectivity index (χ4v) is 3.75. The molecule has 0 fully saturated rings. The van der Waals surface area contributed by atoms with Crippen molar-refractivity contribution in [1.82, 2.24) is 15.3 Å². The number of anilines is 2. The Labute approximate surface area is 186 Å². The van der Waals surface area contributed by atoms with Gasteiger partial charge in [-0.05, 0) is 36.2 Å². The minimum absolute atomic E-state index is 0.0374. The monoisotopic (exact) mass is 456 g/mol. The molecule has 33 heavy (non-hydrogen) atoms. The summed E-state index contributed by atoms with van der Waals surface area (Å²) in [4.78, 5) is 35.3. The van der Waals surface area contributed by atoms with Gasteiger partial charge in [-0.25, -0.2) is 9.97 Å². The number of amides is 1. The Hall–Kier alpha value is -3.79. The van der Waals surface area contributed by atoms with E-state index in [1.807, 2.05) is 11.0 Å². The van der Waals surface area contributed by atoms with Gasteiger partial charge in [-0.3, -0.25) is 9.59 Å². The summed E-state index contributed by atoms with van der Waals surface area (Å²) in [5, 5.41) is 11.6. The van der Waals surface area contributed by atoms with E-state index in [-0.39, 0.29) is 30.3 Å². The molecule has 10 heteroatoms. The average Bonchev–Trinajstić information content (AvgIpc) is 3.26. The standard InChI is InChI=1S/C23H19F3N4O3/c24-23(25,26)15-4-1-3-14(11-15)21(32)18-12-20(29-13-28-18)30-9-7-16-17(5-2-6-19(16)30)22(33)27-8-10-31/h1-6,11-13,31H,7-10H2,(H,27,33). The van der Waals surface area contributed by atoms with Crippen molar-refractivity contribution in [3.05, 3.63) is 82.8 Å². The van der Waals surface area contributed by atoms with Crippen molar-refractivity contribution in [2.75, 3.05) is 24.6 Å². The number of benzene rings is 2. The highest BCUT2D eigenvalue weighted by Gasteiger charge is 2.31. The maximum Gasteiger partial charge on any atom is 0.416 e. The lowest BCUT2D eigenvalue weighted by Crippen LogP contribution is -2.27. The van der Waals surface area contributed by atoms with Crippen LogP contribution in [-0.2, 0) is 12.6 Å². The van der Waals surface area contributed by atoms with Gasteiger partial charge in [0, 0.05) is 36.0 Å². The Morgan fingerprint density at radius 2 is 1.88 bits per heavy atom. The van der Waals surface area contributed by atoms with Gasteiger partial charge in [0.25, 0.3) is 5.91 Å². The van der Waals surface area contributed by atoms with Crippen molar-refractivity contribution in [2.45, 2.75) is 12.6 Å². The predicted octanol–water partition coefficient (Wildman–Crippen LogP) is 3.14. The summed E-state index contributed by atoms with van der Waals surface area (Å²) in [5.74, 6) is -0.556. The van der Waals surface area contributed by atoms with E-state index in [1.54, 1.807) is 12.1 Å². The zero-order chi connectivity index (χ0) is 23.6. The first kappa shape index (κ1) is 22.4. The summed E-state index contributed by atoms with van der Waals surface area (Å²) in [7, 11) is 0. The molecular weight excluding hydrogens is 437 g/mol. The zero-order valence-electron chi connectivity index (χ0n) is 17.3. The molecule has 0 saturated heterocycles. The van der Waals surface area contributed by atoms with Gasteiger partial charge < -0.3 is 15.3 Å². The van der Waals surface area contributed by atoms with E-state index in [9.17, 15) is 22.8 Å². The maximum atomic E-state index is 13.0. The van der Waals surface area contributed by atoms with Gasteiger partial charge in [0.15, 0.2) is 0 Å². The van der Waals surface area contributed by atoms with E-state index in [0.717, 1.165) is 23.4 Å². The van der Waals surface area contributed by atoms with Crippen LogP contribution in [0.1, 0.15) is 37.5 Å². The molecule has 0 bridgehead atoms. The van der Waals surface area contributed by atoms with E-state index in [0.29, 0.717) is 24.3 Å². The first-order valence-electron chi connectivity index (χ1n) is 10.1. The minimum atomic E-state index is -4.56. The Bertz CT molecular complexity index is 1210. The number of hydrogen-bond acceptors (Lipinski definition) is 6. The molecule has 0 radical (unpaired) electrons. The molecule has 2 aromatic carbocycles. The van der Waals surface area contributed by atoms with Gasteiger partial charge in [0.2, 0.25) is 5.78 Å². The van der Waals surface area contributed by atoms with Crippen molar-refractivity contribution in [3.63, 3.8) is 0 Å². The quantitative estimate of drug-likeness (QED) is 0.554. The van der Waals surface area contributed by atoms with Crippen LogP contribution in [-0.4, -0.2) is 46.5 Å². The van der Waals surface area contributed by atoms with Crippen molar-refractivity contribution < 1.29 is 27.9 Å². The fraction of sp³-hybridized carbons (Fsp3) is 0.217. The highest BCUT2D eigenvalue weighted by atomic mass is 19.4. The Balaban J connectivity index is 1.63. The molecule has 1 aliphatic rings. The van der Waals surface area contributed by atoms with Crippen LogP contribution in [0.15, 0.2) is 54.9 Å². The number of hydrogen-bond donors (Lipinski definition) is 2. The fourth-order valence-electron chi connectivity index (χ4n) is 3.75. The van der Waals surface area contributed by atoms with Crippen LogP contribution in [0.3, 0.4) is 0 Å². The van der Waals surface area contributed by atoms with E-state index in [4.69, 9.17) is 5.11 Å². The molecule has 7 nitrogen and oxygen atoms in total. The van der Waals surface area contributed by atoms with Crippen LogP contribution < -0.4 is 10.2 Å². The third kappa shape index (κ3) is 4.56. The average molecular weight is 456 g/mol. The molecular formula is C23H19F3N4O3. The highest BCUT2D eigenvalue weighted by molar-refractivity contribution is 6.08. The smallest absolute Gasteiger partial charge is 0.395 e. The van der Waals surface area contributed by atoms with Gasteiger partial charge in [0.1, 0.15) is 17.8 Å².